The van der Waals surface area contributed by atoms with Gasteiger partial charge in [0, 0.05) is 16.1 Å². The Hall–Kier alpha value is -1.81. The third kappa shape index (κ3) is 3.35. The molecule has 4 heteroatoms. The quantitative estimate of drug-likeness (QED) is 0.854. The van der Waals surface area contributed by atoms with E-state index in [-0.39, 0.29) is 5.91 Å². The summed E-state index contributed by atoms with van der Waals surface area (Å²) in [5.41, 5.74) is 1.81. The summed E-state index contributed by atoms with van der Waals surface area (Å²) in [6, 6.07) is 11.7. The van der Waals surface area contributed by atoms with E-state index in [9.17, 15) is 9.18 Å². The zero-order valence-corrected chi connectivity index (χ0v) is 11.6. The van der Waals surface area contributed by atoms with Gasteiger partial charge in [0.15, 0.2) is 0 Å². The van der Waals surface area contributed by atoms with Gasteiger partial charge in [-0.15, -0.1) is 11.8 Å². The first-order valence-electron chi connectivity index (χ1n) is 5.81. The highest BCUT2D eigenvalue weighted by Gasteiger charge is 2.10. The lowest BCUT2D eigenvalue weighted by molar-refractivity contribution is 0.102. The third-order valence-corrected chi connectivity index (χ3v) is 3.50. The molecule has 98 valence electrons. The monoisotopic (exact) mass is 275 g/mol. The summed E-state index contributed by atoms with van der Waals surface area (Å²) in [4.78, 5) is 13.2. The predicted octanol–water partition coefficient (Wildman–Crippen LogP) is 4.11. The Kier molecular flexibility index (Phi) is 4.22. The molecule has 0 bridgehead atoms. The highest BCUT2D eigenvalue weighted by Crippen LogP contribution is 2.20. The molecule has 0 spiro atoms. The number of hydrogen-bond donors (Lipinski definition) is 1. The number of thioether (sulfide) groups is 1. The average molecular weight is 275 g/mol. The van der Waals surface area contributed by atoms with Crippen molar-refractivity contribution in [1.29, 1.82) is 0 Å². The number of hydrogen-bond acceptors (Lipinski definition) is 2. The second-order valence-corrected chi connectivity index (χ2v) is 5.02. The van der Waals surface area contributed by atoms with Crippen LogP contribution in [0.1, 0.15) is 15.9 Å². The number of nitrogens with one attached hydrogen (secondary N) is 1. The van der Waals surface area contributed by atoms with Crippen LogP contribution in [0.5, 0.6) is 0 Å². The van der Waals surface area contributed by atoms with E-state index >= 15 is 0 Å². The van der Waals surface area contributed by atoms with Crippen LogP contribution in [-0.2, 0) is 0 Å². The summed E-state index contributed by atoms with van der Waals surface area (Å²) in [6.45, 7) is 1.78. The second kappa shape index (κ2) is 5.89. The van der Waals surface area contributed by atoms with E-state index in [1.54, 1.807) is 24.8 Å². The van der Waals surface area contributed by atoms with Gasteiger partial charge in [0.25, 0.3) is 5.91 Å². The minimum atomic E-state index is -0.409. The van der Waals surface area contributed by atoms with E-state index in [2.05, 4.69) is 5.32 Å². The Morgan fingerprint density at radius 3 is 2.74 bits per heavy atom. The molecule has 0 saturated heterocycles. The summed E-state index contributed by atoms with van der Waals surface area (Å²) in [6.07, 6.45) is 1.97. The van der Waals surface area contributed by atoms with Crippen molar-refractivity contribution in [3.63, 3.8) is 0 Å². The van der Waals surface area contributed by atoms with Gasteiger partial charge in [-0.1, -0.05) is 12.1 Å². The molecule has 2 nitrogen and oxygen atoms in total. The number of halogens is 1. The van der Waals surface area contributed by atoms with Crippen LogP contribution in [0.2, 0.25) is 0 Å². The number of carbonyl (C=O) groups excluding carboxylic acids is 1. The zero-order chi connectivity index (χ0) is 13.8. The van der Waals surface area contributed by atoms with Crippen LogP contribution in [-0.4, -0.2) is 12.2 Å². The summed E-state index contributed by atoms with van der Waals surface area (Å²) in [7, 11) is 0. The molecule has 0 fully saturated rings. The van der Waals surface area contributed by atoms with Gasteiger partial charge in [0.1, 0.15) is 5.82 Å². The SMILES string of the molecule is CSc1cccc(NC(=O)c2cc(F)ccc2C)c1. The normalized spacial score (nSPS) is 10.3. The Bertz CT molecular complexity index is 613. The summed E-state index contributed by atoms with van der Waals surface area (Å²) in [5, 5.41) is 2.78. The van der Waals surface area contributed by atoms with E-state index in [4.69, 9.17) is 0 Å². The Morgan fingerprint density at radius 2 is 2.00 bits per heavy atom. The molecule has 0 saturated carbocycles. The third-order valence-electron chi connectivity index (χ3n) is 2.77. The molecule has 0 aromatic heterocycles. The van der Waals surface area contributed by atoms with E-state index < -0.39 is 5.82 Å². The molecule has 2 aromatic rings. The molecule has 0 atom stereocenters. The molecule has 1 N–H and O–H groups in total. The fraction of sp³-hybridized carbons (Fsp3) is 0.133. The number of rotatable bonds is 3. The van der Waals surface area contributed by atoms with Crippen molar-refractivity contribution in [3.8, 4) is 0 Å². The maximum atomic E-state index is 13.2. The van der Waals surface area contributed by atoms with Crippen molar-refractivity contribution in [2.24, 2.45) is 0 Å². The predicted molar refractivity (Wildman–Crippen MR) is 77.3 cm³/mol. The first-order chi connectivity index (χ1) is 9.10. The van der Waals surface area contributed by atoms with Crippen molar-refractivity contribution in [2.45, 2.75) is 11.8 Å². The molecule has 0 aliphatic rings. The van der Waals surface area contributed by atoms with E-state index in [1.165, 1.54) is 12.1 Å². The molecule has 19 heavy (non-hydrogen) atoms. The minimum Gasteiger partial charge on any atom is -0.322 e. The Balaban J connectivity index is 2.23. The van der Waals surface area contributed by atoms with Crippen LogP contribution in [0.3, 0.4) is 0 Å². The summed E-state index contributed by atoms with van der Waals surface area (Å²) < 4.78 is 13.2. The van der Waals surface area contributed by atoms with Crippen molar-refractivity contribution < 1.29 is 9.18 Å². The van der Waals surface area contributed by atoms with E-state index in [0.717, 1.165) is 10.5 Å². The standard InChI is InChI=1S/C15H14FNOS/c1-10-6-7-11(16)8-14(10)15(18)17-12-4-3-5-13(9-12)19-2/h3-9H,1-2H3,(H,17,18). The summed E-state index contributed by atoms with van der Waals surface area (Å²) >= 11 is 1.60. The van der Waals surface area contributed by atoms with Crippen LogP contribution in [0.15, 0.2) is 47.4 Å². The second-order valence-electron chi connectivity index (χ2n) is 4.15. The highest BCUT2D eigenvalue weighted by atomic mass is 32.2. The first kappa shape index (κ1) is 13.6. The van der Waals surface area contributed by atoms with Crippen LogP contribution in [0.4, 0.5) is 10.1 Å². The number of amides is 1. The highest BCUT2D eigenvalue weighted by molar-refractivity contribution is 7.98. The molecule has 2 aromatic carbocycles. The van der Waals surface area contributed by atoms with Gasteiger partial charge in [-0.25, -0.2) is 4.39 Å². The van der Waals surface area contributed by atoms with Crippen molar-refractivity contribution >= 4 is 23.4 Å². The number of anilines is 1. The number of benzene rings is 2. The molecule has 0 unspecified atom stereocenters. The van der Waals surface area contributed by atoms with Gasteiger partial charge in [-0.3, -0.25) is 4.79 Å². The fourth-order valence-electron chi connectivity index (χ4n) is 1.74. The van der Waals surface area contributed by atoms with Crippen LogP contribution < -0.4 is 5.32 Å². The smallest absolute Gasteiger partial charge is 0.256 e. The maximum Gasteiger partial charge on any atom is 0.256 e. The Morgan fingerprint density at radius 1 is 1.21 bits per heavy atom. The van der Waals surface area contributed by atoms with Crippen LogP contribution >= 0.6 is 11.8 Å². The zero-order valence-electron chi connectivity index (χ0n) is 10.7. The summed E-state index contributed by atoms with van der Waals surface area (Å²) in [5.74, 6) is -0.705. The van der Waals surface area contributed by atoms with Gasteiger partial charge in [0.2, 0.25) is 0 Å². The van der Waals surface area contributed by atoms with Crippen molar-refractivity contribution in [1.82, 2.24) is 0 Å². The Labute approximate surface area is 116 Å². The molecule has 1 amide bonds. The molecule has 0 heterocycles. The molecule has 0 aliphatic carbocycles. The van der Waals surface area contributed by atoms with Crippen LogP contribution in [0.25, 0.3) is 0 Å². The number of aryl methyl sites for hydroxylation is 1. The van der Waals surface area contributed by atoms with Crippen molar-refractivity contribution in [3.05, 3.63) is 59.4 Å². The lowest BCUT2D eigenvalue weighted by atomic mass is 10.1. The molecule has 0 aliphatic heterocycles. The fourth-order valence-corrected chi connectivity index (χ4v) is 2.20. The van der Waals surface area contributed by atoms with E-state index in [1.807, 2.05) is 30.5 Å². The topological polar surface area (TPSA) is 29.1 Å². The van der Waals surface area contributed by atoms with Crippen molar-refractivity contribution in [2.75, 3.05) is 11.6 Å². The minimum absolute atomic E-state index is 0.296. The largest absolute Gasteiger partial charge is 0.322 e. The number of carbonyl (C=O) groups is 1. The molecular formula is C15H14FNOS. The van der Waals surface area contributed by atoms with Crippen LogP contribution in [0, 0.1) is 12.7 Å². The van der Waals surface area contributed by atoms with Gasteiger partial charge >= 0.3 is 0 Å². The maximum absolute atomic E-state index is 13.2. The van der Waals surface area contributed by atoms with Gasteiger partial charge < -0.3 is 5.32 Å². The van der Waals surface area contributed by atoms with E-state index in [0.29, 0.717) is 11.3 Å². The lowest BCUT2D eigenvalue weighted by Gasteiger charge is -2.08. The lowest BCUT2D eigenvalue weighted by Crippen LogP contribution is -2.13. The van der Waals surface area contributed by atoms with Gasteiger partial charge in [-0.05, 0) is 49.1 Å². The molecular weight excluding hydrogens is 261 g/mol. The average Bonchev–Trinajstić information content (AvgIpc) is 2.41. The molecule has 0 radical (unpaired) electrons. The van der Waals surface area contributed by atoms with Gasteiger partial charge in [-0.2, -0.15) is 0 Å². The first-order valence-corrected chi connectivity index (χ1v) is 7.04. The van der Waals surface area contributed by atoms with Gasteiger partial charge in [0.05, 0.1) is 0 Å². The molecule has 2 rings (SSSR count).